The SMILES string of the molecule is CCC(N)C(OC1CCOC1)c1cccnc1. The quantitative estimate of drug-likeness (QED) is 0.844. The van der Waals surface area contributed by atoms with Crippen molar-refractivity contribution in [1.82, 2.24) is 4.98 Å². The van der Waals surface area contributed by atoms with E-state index < -0.39 is 0 Å². The van der Waals surface area contributed by atoms with E-state index in [0.717, 1.165) is 25.0 Å². The second-order valence-corrected chi connectivity index (χ2v) is 4.40. The Morgan fingerprint density at radius 1 is 1.65 bits per heavy atom. The molecular formula is C13H20N2O2. The van der Waals surface area contributed by atoms with Gasteiger partial charge in [0.25, 0.3) is 0 Å². The van der Waals surface area contributed by atoms with Crippen LogP contribution in [0.4, 0.5) is 0 Å². The number of aromatic nitrogens is 1. The lowest BCUT2D eigenvalue weighted by Gasteiger charge is -2.26. The normalized spacial score (nSPS) is 23.5. The Balaban J connectivity index is 2.07. The van der Waals surface area contributed by atoms with E-state index in [-0.39, 0.29) is 18.2 Å². The van der Waals surface area contributed by atoms with Crippen LogP contribution < -0.4 is 5.73 Å². The summed E-state index contributed by atoms with van der Waals surface area (Å²) in [6.45, 7) is 3.53. The zero-order valence-corrected chi connectivity index (χ0v) is 10.2. The smallest absolute Gasteiger partial charge is 0.0995 e. The molecule has 4 heteroatoms. The number of hydrogen-bond acceptors (Lipinski definition) is 4. The van der Waals surface area contributed by atoms with Crippen molar-refractivity contribution in [2.24, 2.45) is 5.73 Å². The summed E-state index contributed by atoms with van der Waals surface area (Å²) in [6.07, 6.45) is 5.51. The van der Waals surface area contributed by atoms with Crippen LogP contribution in [0, 0.1) is 0 Å². The predicted octanol–water partition coefficient (Wildman–Crippen LogP) is 1.67. The lowest BCUT2D eigenvalue weighted by atomic mass is 10.0. The van der Waals surface area contributed by atoms with Crippen molar-refractivity contribution in [3.05, 3.63) is 30.1 Å². The lowest BCUT2D eigenvalue weighted by molar-refractivity contribution is -0.0303. The number of nitrogens with two attached hydrogens (primary N) is 1. The van der Waals surface area contributed by atoms with Crippen LogP contribution in [0.1, 0.15) is 31.4 Å². The molecule has 1 aromatic rings. The van der Waals surface area contributed by atoms with Crippen LogP contribution in [-0.4, -0.2) is 30.3 Å². The second-order valence-electron chi connectivity index (χ2n) is 4.40. The third-order valence-electron chi connectivity index (χ3n) is 3.10. The van der Waals surface area contributed by atoms with Gasteiger partial charge in [-0.25, -0.2) is 0 Å². The van der Waals surface area contributed by atoms with Gasteiger partial charge in [0.2, 0.25) is 0 Å². The summed E-state index contributed by atoms with van der Waals surface area (Å²) in [5.41, 5.74) is 7.18. The zero-order valence-electron chi connectivity index (χ0n) is 10.2. The Labute approximate surface area is 102 Å². The summed E-state index contributed by atoms with van der Waals surface area (Å²) in [4.78, 5) is 4.13. The van der Waals surface area contributed by atoms with Gasteiger partial charge in [-0.2, -0.15) is 0 Å². The van der Waals surface area contributed by atoms with Crippen molar-refractivity contribution in [1.29, 1.82) is 0 Å². The van der Waals surface area contributed by atoms with Crippen molar-refractivity contribution in [2.75, 3.05) is 13.2 Å². The fraction of sp³-hybridized carbons (Fsp3) is 0.615. The second kappa shape index (κ2) is 6.10. The highest BCUT2D eigenvalue weighted by Gasteiger charge is 2.26. The minimum Gasteiger partial charge on any atom is -0.379 e. The molecule has 3 unspecified atom stereocenters. The summed E-state index contributed by atoms with van der Waals surface area (Å²) in [5, 5.41) is 0. The first-order chi connectivity index (χ1) is 8.31. The first kappa shape index (κ1) is 12.5. The fourth-order valence-electron chi connectivity index (χ4n) is 2.01. The maximum absolute atomic E-state index is 6.13. The minimum atomic E-state index is -0.0830. The van der Waals surface area contributed by atoms with Crippen LogP contribution in [0.2, 0.25) is 0 Å². The van der Waals surface area contributed by atoms with Crippen LogP contribution in [0.15, 0.2) is 24.5 Å². The van der Waals surface area contributed by atoms with Gasteiger partial charge in [0.15, 0.2) is 0 Å². The van der Waals surface area contributed by atoms with Gasteiger partial charge < -0.3 is 15.2 Å². The molecule has 3 atom stereocenters. The molecule has 1 aliphatic heterocycles. The maximum atomic E-state index is 6.13. The van der Waals surface area contributed by atoms with Crippen molar-refractivity contribution < 1.29 is 9.47 Å². The van der Waals surface area contributed by atoms with Gasteiger partial charge in [0.1, 0.15) is 0 Å². The largest absolute Gasteiger partial charge is 0.379 e. The molecule has 0 radical (unpaired) electrons. The van der Waals surface area contributed by atoms with Crippen LogP contribution in [0.3, 0.4) is 0 Å². The summed E-state index contributed by atoms with van der Waals surface area (Å²) >= 11 is 0. The molecule has 1 saturated heterocycles. The average Bonchev–Trinajstić information content (AvgIpc) is 2.89. The van der Waals surface area contributed by atoms with Crippen LogP contribution in [-0.2, 0) is 9.47 Å². The number of rotatable bonds is 5. The Morgan fingerprint density at radius 3 is 3.12 bits per heavy atom. The summed E-state index contributed by atoms with van der Waals surface area (Å²) in [7, 11) is 0. The van der Waals surface area contributed by atoms with E-state index in [1.165, 1.54) is 0 Å². The fourth-order valence-corrected chi connectivity index (χ4v) is 2.01. The minimum absolute atomic E-state index is 0.000185. The van der Waals surface area contributed by atoms with E-state index in [1.54, 1.807) is 6.20 Å². The van der Waals surface area contributed by atoms with Gasteiger partial charge in [-0.05, 0) is 18.9 Å². The van der Waals surface area contributed by atoms with Crippen LogP contribution in [0.5, 0.6) is 0 Å². The van der Waals surface area contributed by atoms with Crippen LogP contribution in [0.25, 0.3) is 0 Å². The highest BCUT2D eigenvalue weighted by atomic mass is 16.6. The Hall–Kier alpha value is -0.970. The summed E-state index contributed by atoms with van der Waals surface area (Å²) in [6, 6.07) is 3.93. The predicted molar refractivity (Wildman–Crippen MR) is 65.6 cm³/mol. The molecule has 4 nitrogen and oxygen atoms in total. The standard InChI is InChI=1S/C13H20N2O2/c1-2-12(14)13(10-4-3-6-15-8-10)17-11-5-7-16-9-11/h3-4,6,8,11-13H,2,5,7,9,14H2,1H3. The average molecular weight is 236 g/mol. The van der Waals surface area contributed by atoms with Crippen LogP contribution >= 0.6 is 0 Å². The molecule has 2 heterocycles. The molecular weight excluding hydrogens is 216 g/mol. The monoisotopic (exact) mass is 236 g/mol. The van der Waals surface area contributed by atoms with E-state index in [9.17, 15) is 0 Å². The Morgan fingerprint density at radius 2 is 2.53 bits per heavy atom. The van der Waals surface area contributed by atoms with Gasteiger partial charge in [-0.15, -0.1) is 0 Å². The molecule has 17 heavy (non-hydrogen) atoms. The zero-order chi connectivity index (χ0) is 12.1. The molecule has 1 fully saturated rings. The van der Waals surface area contributed by atoms with E-state index in [1.807, 2.05) is 18.3 Å². The van der Waals surface area contributed by atoms with E-state index in [0.29, 0.717) is 6.61 Å². The summed E-state index contributed by atoms with van der Waals surface area (Å²) < 4.78 is 11.4. The van der Waals surface area contributed by atoms with Crippen molar-refractivity contribution in [2.45, 2.75) is 38.0 Å². The molecule has 2 N–H and O–H groups in total. The maximum Gasteiger partial charge on any atom is 0.0995 e. The topological polar surface area (TPSA) is 57.4 Å². The highest BCUT2D eigenvalue weighted by Crippen LogP contribution is 2.25. The highest BCUT2D eigenvalue weighted by molar-refractivity contribution is 5.14. The molecule has 2 rings (SSSR count). The molecule has 0 amide bonds. The van der Waals surface area contributed by atoms with Crippen molar-refractivity contribution in [3.63, 3.8) is 0 Å². The van der Waals surface area contributed by atoms with E-state index in [4.69, 9.17) is 15.2 Å². The van der Waals surface area contributed by atoms with Crippen molar-refractivity contribution in [3.8, 4) is 0 Å². The molecule has 0 bridgehead atoms. The van der Waals surface area contributed by atoms with E-state index >= 15 is 0 Å². The number of ether oxygens (including phenoxy) is 2. The molecule has 1 aliphatic rings. The first-order valence-electron chi connectivity index (χ1n) is 6.20. The number of hydrogen-bond donors (Lipinski definition) is 1. The molecule has 0 aliphatic carbocycles. The van der Waals surface area contributed by atoms with Gasteiger partial charge in [0.05, 0.1) is 18.8 Å². The van der Waals surface area contributed by atoms with Crippen molar-refractivity contribution >= 4 is 0 Å². The third-order valence-corrected chi connectivity index (χ3v) is 3.10. The number of nitrogens with zero attached hydrogens (tertiary/aromatic N) is 1. The van der Waals surface area contributed by atoms with Gasteiger partial charge in [-0.3, -0.25) is 4.98 Å². The molecule has 94 valence electrons. The van der Waals surface area contributed by atoms with E-state index in [2.05, 4.69) is 11.9 Å². The number of pyridine rings is 1. The van der Waals surface area contributed by atoms with Gasteiger partial charge >= 0.3 is 0 Å². The first-order valence-corrected chi connectivity index (χ1v) is 6.20. The van der Waals surface area contributed by atoms with Gasteiger partial charge in [-0.1, -0.05) is 13.0 Å². The molecule has 0 spiro atoms. The Bertz CT molecular complexity index is 325. The summed E-state index contributed by atoms with van der Waals surface area (Å²) in [5.74, 6) is 0. The van der Waals surface area contributed by atoms with Gasteiger partial charge in [0, 0.05) is 30.6 Å². The molecule has 1 aromatic heterocycles. The third kappa shape index (κ3) is 3.25. The lowest BCUT2D eigenvalue weighted by Crippen LogP contribution is -2.32. The Kier molecular flexibility index (Phi) is 4.48. The molecule has 0 saturated carbocycles. The molecule has 0 aromatic carbocycles.